The number of alkyl halides is 1. The summed E-state index contributed by atoms with van der Waals surface area (Å²) in [7, 11) is 2.04. The van der Waals surface area contributed by atoms with Crippen LogP contribution in [0.25, 0.3) is 11.3 Å². The fourth-order valence-electron chi connectivity index (χ4n) is 1.45. The third kappa shape index (κ3) is 4.72. The van der Waals surface area contributed by atoms with Crippen molar-refractivity contribution in [3.05, 3.63) is 30.7 Å². The van der Waals surface area contributed by atoms with Gasteiger partial charge in [0, 0.05) is 29.9 Å². The van der Waals surface area contributed by atoms with Crippen LogP contribution in [0.1, 0.15) is 0 Å². The molecule has 0 unspecified atom stereocenters. The number of amides is 2. The molecule has 0 saturated carbocycles. The van der Waals surface area contributed by atoms with Crippen LogP contribution in [0.3, 0.4) is 0 Å². The number of nitrogens with zero attached hydrogens (tertiary/aromatic N) is 3. The molecule has 0 aliphatic heterocycles. The van der Waals surface area contributed by atoms with Crippen LogP contribution in [0.5, 0.6) is 5.88 Å². The van der Waals surface area contributed by atoms with Crippen LogP contribution in [-0.2, 0) is 0 Å². The minimum atomic E-state index is -0.537. The Morgan fingerprint density at radius 2 is 2.09 bits per heavy atom. The Morgan fingerprint density at radius 1 is 1.32 bits per heavy atom. The Bertz CT molecular complexity index is 655. The third-order valence-electron chi connectivity index (χ3n) is 2.34. The van der Waals surface area contributed by atoms with Gasteiger partial charge < -0.3 is 4.74 Å². The van der Waals surface area contributed by atoms with Gasteiger partial charge in [-0.3, -0.25) is 15.0 Å². The maximum absolute atomic E-state index is 11.3. The van der Waals surface area contributed by atoms with E-state index in [9.17, 15) is 9.18 Å². The number of terminal acetylenes is 1. The van der Waals surface area contributed by atoms with E-state index >= 15 is 0 Å². The van der Waals surface area contributed by atoms with Gasteiger partial charge >= 0.3 is 6.03 Å². The van der Waals surface area contributed by atoms with E-state index in [0.717, 1.165) is 5.56 Å². The fourth-order valence-corrected chi connectivity index (χ4v) is 1.45. The zero-order valence-corrected chi connectivity index (χ0v) is 12.0. The molecule has 0 aromatic carbocycles. The van der Waals surface area contributed by atoms with Gasteiger partial charge in [-0.05, 0) is 6.07 Å². The Hall–Kier alpha value is -3.21. The van der Waals surface area contributed by atoms with Crippen molar-refractivity contribution < 1.29 is 13.9 Å². The van der Waals surface area contributed by atoms with Gasteiger partial charge in [-0.2, -0.15) is 0 Å². The lowest BCUT2D eigenvalue weighted by molar-refractivity contribution is 0.255. The molecule has 0 radical (unpaired) electrons. The van der Waals surface area contributed by atoms with Crippen LogP contribution in [-0.4, -0.2) is 35.3 Å². The van der Waals surface area contributed by atoms with E-state index in [1.807, 2.05) is 6.04 Å². The summed E-state index contributed by atoms with van der Waals surface area (Å²) in [5, 5.41) is 4.64. The van der Waals surface area contributed by atoms with Crippen LogP contribution in [0.2, 0.25) is 0 Å². The van der Waals surface area contributed by atoms with E-state index in [-0.39, 0.29) is 0 Å². The second-order valence-electron chi connectivity index (χ2n) is 3.60. The molecular formula is C14H14FN5O2. The number of pyridine rings is 1. The summed E-state index contributed by atoms with van der Waals surface area (Å²) in [5.74, 6) is 0.841. The number of aromatic nitrogens is 3. The van der Waals surface area contributed by atoms with Crippen LogP contribution in [0.15, 0.2) is 30.7 Å². The predicted molar refractivity (Wildman–Crippen MR) is 79.8 cm³/mol. The molecule has 7 nitrogen and oxygen atoms in total. The van der Waals surface area contributed by atoms with E-state index in [1.54, 1.807) is 31.5 Å². The lowest BCUT2D eigenvalue weighted by Crippen LogP contribution is -2.24. The van der Waals surface area contributed by atoms with Crippen molar-refractivity contribution in [2.75, 3.05) is 19.6 Å². The first-order valence-electron chi connectivity index (χ1n) is 5.96. The highest BCUT2D eigenvalue weighted by Crippen LogP contribution is 2.19. The number of methoxy groups -OCH3 is 1. The van der Waals surface area contributed by atoms with Crippen LogP contribution >= 0.6 is 0 Å². The van der Waals surface area contributed by atoms with E-state index in [2.05, 4.69) is 25.6 Å². The number of nitrogens with one attached hydrogen (secondary N) is 2. The Labute approximate surface area is 127 Å². The summed E-state index contributed by atoms with van der Waals surface area (Å²) >= 11 is 0. The van der Waals surface area contributed by atoms with Gasteiger partial charge in [0.1, 0.15) is 12.1 Å². The highest BCUT2D eigenvalue weighted by atomic mass is 19.1. The van der Waals surface area contributed by atoms with Gasteiger partial charge in [0.25, 0.3) is 0 Å². The lowest BCUT2D eigenvalue weighted by atomic mass is 10.2. The minimum absolute atomic E-state index is 0.332. The van der Waals surface area contributed by atoms with Crippen LogP contribution < -0.4 is 15.4 Å². The number of hydrogen-bond acceptors (Lipinski definition) is 5. The van der Waals surface area contributed by atoms with Gasteiger partial charge in [0.2, 0.25) is 5.88 Å². The topological polar surface area (TPSA) is 89.0 Å². The van der Waals surface area contributed by atoms with Crippen molar-refractivity contribution >= 4 is 11.8 Å². The number of halogens is 1. The number of rotatable bonds is 3. The van der Waals surface area contributed by atoms with Gasteiger partial charge in [0.15, 0.2) is 0 Å². The highest BCUT2D eigenvalue weighted by molar-refractivity contribution is 5.89. The summed E-state index contributed by atoms with van der Waals surface area (Å²) in [6.07, 6.45) is 7.91. The van der Waals surface area contributed by atoms with Crippen molar-refractivity contribution in [3.8, 4) is 29.6 Å². The summed E-state index contributed by atoms with van der Waals surface area (Å²) in [6.45, 7) is 0. The number of hydrogen-bond donors (Lipinski definition) is 2. The zero-order chi connectivity index (χ0) is 16.4. The van der Waals surface area contributed by atoms with Gasteiger partial charge in [0.05, 0.1) is 20.0 Å². The molecule has 2 heterocycles. The zero-order valence-electron chi connectivity index (χ0n) is 12.0. The Morgan fingerprint density at radius 3 is 2.68 bits per heavy atom. The summed E-state index contributed by atoms with van der Waals surface area (Å²) < 4.78 is 14.5. The molecule has 0 fully saturated rings. The maximum Gasteiger partial charge on any atom is 0.332 e. The second kappa shape index (κ2) is 8.86. The lowest BCUT2D eigenvalue weighted by Gasteiger charge is -2.05. The highest BCUT2D eigenvalue weighted by Gasteiger charge is 2.05. The van der Waals surface area contributed by atoms with Gasteiger partial charge in [-0.1, -0.05) is 6.42 Å². The number of carbonyl (C=O) groups excluding carboxylic acids is 1. The first kappa shape index (κ1) is 16.8. The van der Waals surface area contributed by atoms with E-state index in [4.69, 9.17) is 11.2 Å². The summed E-state index contributed by atoms with van der Waals surface area (Å²) in [4.78, 5) is 23.4. The van der Waals surface area contributed by atoms with Crippen molar-refractivity contribution in [1.29, 1.82) is 0 Å². The maximum atomic E-state index is 11.3. The third-order valence-corrected chi connectivity index (χ3v) is 2.34. The van der Waals surface area contributed by atoms with Crippen molar-refractivity contribution in [1.82, 2.24) is 20.3 Å². The van der Waals surface area contributed by atoms with Crippen molar-refractivity contribution in [2.24, 2.45) is 0 Å². The molecule has 2 N–H and O–H groups in total. The fraction of sp³-hybridized carbons (Fsp3) is 0.143. The molecule has 0 spiro atoms. The molecule has 0 aliphatic carbocycles. The molecule has 2 amide bonds. The minimum Gasteiger partial charge on any atom is -0.481 e. The summed E-state index contributed by atoms with van der Waals surface area (Å²) in [5.41, 5.74) is 1.39. The molecule has 114 valence electrons. The standard InChI is InChI=1S/C13H11N5O2.CH3F/c1-3-14-13(19)18-11-6-10(16-8-17-11)9-4-5-12(20-2)15-7-9;1-2/h1,4-8H,2H3,(H2,14,16,17,18,19);1H3. The molecule has 8 heteroatoms. The second-order valence-corrected chi connectivity index (χ2v) is 3.60. The monoisotopic (exact) mass is 303 g/mol. The number of anilines is 1. The van der Waals surface area contributed by atoms with Crippen molar-refractivity contribution in [3.63, 3.8) is 0 Å². The smallest absolute Gasteiger partial charge is 0.332 e. The Kier molecular flexibility index (Phi) is 6.78. The van der Waals surface area contributed by atoms with Gasteiger partial charge in [-0.15, -0.1) is 0 Å². The molecule has 0 saturated heterocycles. The quantitative estimate of drug-likeness (QED) is 0.667. The van der Waals surface area contributed by atoms with E-state index in [1.165, 1.54) is 6.33 Å². The van der Waals surface area contributed by atoms with E-state index in [0.29, 0.717) is 24.6 Å². The average molecular weight is 303 g/mol. The number of urea groups is 1. The molecular weight excluding hydrogens is 289 g/mol. The molecule has 2 aromatic rings. The SMILES string of the molecule is C#CNC(=O)Nc1cc(-c2ccc(OC)nc2)ncn1.CF. The number of carbonyl (C=O) groups is 1. The predicted octanol–water partition coefficient (Wildman–Crippen LogP) is 1.85. The number of ether oxygens (including phenoxy) is 1. The molecule has 2 rings (SSSR count). The first-order chi connectivity index (χ1) is 10.7. The molecule has 22 heavy (non-hydrogen) atoms. The van der Waals surface area contributed by atoms with Crippen molar-refractivity contribution in [2.45, 2.75) is 0 Å². The van der Waals surface area contributed by atoms with Crippen LogP contribution in [0.4, 0.5) is 15.0 Å². The van der Waals surface area contributed by atoms with Crippen LogP contribution in [0, 0.1) is 12.5 Å². The molecule has 2 aromatic heterocycles. The Balaban J connectivity index is 0.00000116. The largest absolute Gasteiger partial charge is 0.481 e. The molecule has 0 atom stereocenters. The van der Waals surface area contributed by atoms with Gasteiger partial charge in [-0.25, -0.2) is 19.7 Å². The van der Waals surface area contributed by atoms with E-state index < -0.39 is 6.03 Å². The average Bonchev–Trinajstić information content (AvgIpc) is 2.57. The molecule has 0 bridgehead atoms. The first-order valence-corrected chi connectivity index (χ1v) is 5.96. The normalized spacial score (nSPS) is 8.82. The molecule has 0 aliphatic rings. The summed E-state index contributed by atoms with van der Waals surface area (Å²) in [6, 6.07) is 6.61.